The third-order valence-corrected chi connectivity index (χ3v) is 5.90. The first-order chi connectivity index (χ1) is 14.5. The van der Waals surface area contributed by atoms with Crippen molar-refractivity contribution in [2.24, 2.45) is 0 Å². The van der Waals surface area contributed by atoms with Gasteiger partial charge >= 0.3 is 0 Å². The molecule has 182 valence electrons. The lowest BCUT2D eigenvalue weighted by Gasteiger charge is -2.47. The molecule has 3 rings (SSSR count). The minimum absolute atomic E-state index is 0.0608. The highest BCUT2D eigenvalue weighted by Crippen LogP contribution is 2.32. The van der Waals surface area contributed by atoms with Crippen molar-refractivity contribution < 1.29 is 64.5 Å². The summed E-state index contributed by atoms with van der Waals surface area (Å²) < 4.78 is 27.2. The van der Waals surface area contributed by atoms with Crippen LogP contribution < -0.4 is 0 Å². The Balaban J connectivity index is 1.79. The van der Waals surface area contributed by atoms with Gasteiger partial charge in [-0.1, -0.05) is 0 Å². The van der Waals surface area contributed by atoms with Crippen LogP contribution in [-0.4, -0.2) is 133 Å². The van der Waals surface area contributed by atoms with E-state index >= 15 is 0 Å². The Bertz CT molecular complexity index is 581. The smallest absolute Gasteiger partial charge is 0.187 e. The van der Waals surface area contributed by atoms with Crippen LogP contribution in [0.15, 0.2) is 0 Å². The van der Waals surface area contributed by atoms with Crippen molar-refractivity contribution in [2.75, 3.05) is 6.61 Å². The molecule has 0 aromatic heterocycles. The van der Waals surface area contributed by atoms with Crippen molar-refractivity contribution >= 4 is 0 Å². The molecule has 0 unspecified atom stereocenters. The summed E-state index contributed by atoms with van der Waals surface area (Å²) in [5.74, 6) is 0. The fourth-order valence-corrected chi connectivity index (χ4v) is 3.86. The lowest BCUT2D eigenvalue weighted by molar-refractivity contribution is -0.381. The standard InChI is InChI=1S/C18H32O13/c1-5-7(20)3-8(21)17(27-5)30-14-11(23)9(4-19)29-16(26)15(14)31-18-13(25)12(24)10(22)6(2)28-18/h5-26H,3-4H2,1-2H3/t5-,6+,7-,8-,9-,10-,11-,12-,13+,14+,15+,16+,17-,18+/m1/s1. The summed E-state index contributed by atoms with van der Waals surface area (Å²) in [5, 5.41) is 80.5. The Labute approximate surface area is 178 Å². The molecule has 8 N–H and O–H groups in total. The third-order valence-electron chi connectivity index (χ3n) is 5.90. The summed E-state index contributed by atoms with van der Waals surface area (Å²) in [5.41, 5.74) is 0. The summed E-state index contributed by atoms with van der Waals surface area (Å²) in [6.07, 6.45) is -18.9. The molecule has 0 saturated carbocycles. The van der Waals surface area contributed by atoms with Crippen LogP contribution in [0.5, 0.6) is 0 Å². The SMILES string of the molecule is C[C@@H]1O[C@@H](O[C@H]2[C@@H](O[C@H]3O[C@H](C)[C@H](O)C[C@H]3O)[C@H](O)[C@@H](CO)O[C@@H]2O)[C@@H](O)[C@H](O)[C@@H]1O. The van der Waals surface area contributed by atoms with Crippen LogP contribution in [0.4, 0.5) is 0 Å². The van der Waals surface area contributed by atoms with Gasteiger partial charge in [0.1, 0.15) is 48.8 Å². The predicted octanol–water partition coefficient (Wildman–Crippen LogP) is -4.49. The highest BCUT2D eigenvalue weighted by Gasteiger charge is 2.52. The number of hydrogen-bond donors (Lipinski definition) is 8. The molecular weight excluding hydrogens is 424 g/mol. The third kappa shape index (κ3) is 5.19. The van der Waals surface area contributed by atoms with Crippen LogP contribution in [0, 0.1) is 0 Å². The normalized spacial score (nSPS) is 54.0. The van der Waals surface area contributed by atoms with Gasteiger partial charge < -0.3 is 64.5 Å². The molecule has 3 aliphatic heterocycles. The van der Waals surface area contributed by atoms with Gasteiger partial charge in [0.2, 0.25) is 0 Å². The van der Waals surface area contributed by atoms with Gasteiger partial charge in [0.25, 0.3) is 0 Å². The van der Waals surface area contributed by atoms with Gasteiger partial charge in [0.15, 0.2) is 18.9 Å². The zero-order valence-corrected chi connectivity index (χ0v) is 17.1. The molecule has 3 aliphatic rings. The summed E-state index contributed by atoms with van der Waals surface area (Å²) in [4.78, 5) is 0. The molecule has 14 atom stereocenters. The molecule has 13 heteroatoms. The van der Waals surface area contributed by atoms with E-state index in [-0.39, 0.29) is 6.42 Å². The fraction of sp³-hybridized carbons (Fsp3) is 1.00. The zero-order valence-electron chi connectivity index (χ0n) is 17.1. The first-order valence-electron chi connectivity index (χ1n) is 10.2. The zero-order chi connectivity index (χ0) is 23.0. The van der Waals surface area contributed by atoms with Crippen LogP contribution in [0.3, 0.4) is 0 Å². The molecule has 0 aromatic carbocycles. The van der Waals surface area contributed by atoms with Gasteiger partial charge in [-0.2, -0.15) is 0 Å². The van der Waals surface area contributed by atoms with Crippen LogP contribution in [0.2, 0.25) is 0 Å². The first-order valence-corrected chi connectivity index (χ1v) is 10.2. The highest BCUT2D eigenvalue weighted by molar-refractivity contribution is 4.94. The number of rotatable bonds is 5. The summed E-state index contributed by atoms with van der Waals surface area (Å²) in [6, 6.07) is 0. The van der Waals surface area contributed by atoms with Crippen LogP contribution in [0.1, 0.15) is 20.3 Å². The molecule has 0 bridgehead atoms. The van der Waals surface area contributed by atoms with E-state index in [1.807, 2.05) is 0 Å². The van der Waals surface area contributed by atoms with E-state index in [1.54, 1.807) is 6.92 Å². The molecule has 3 fully saturated rings. The number of aliphatic hydroxyl groups excluding tert-OH is 8. The Hall–Kier alpha value is -0.520. The molecule has 0 aliphatic carbocycles. The molecule has 3 heterocycles. The van der Waals surface area contributed by atoms with Gasteiger partial charge in [-0.15, -0.1) is 0 Å². The Kier molecular flexibility index (Phi) is 8.24. The number of hydrogen-bond acceptors (Lipinski definition) is 13. The van der Waals surface area contributed by atoms with Crippen molar-refractivity contribution in [1.82, 2.24) is 0 Å². The van der Waals surface area contributed by atoms with Crippen molar-refractivity contribution in [2.45, 2.75) is 106 Å². The average molecular weight is 456 g/mol. The van der Waals surface area contributed by atoms with Crippen LogP contribution in [-0.2, 0) is 23.7 Å². The maximum Gasteiger partial charge on any atom is 0.187 e. The molecule has 0 spiro atoms. The maximum atomic E-state index is 10.6. The molecular formula is C18H32O13. The van der Waals surface area contributed by atoms with E-state index in [2.05, 4.69) is 0 Å². The second kappa shape index (κ2) is 10.2. The van der Waals surface area contributed by atoms with E-state index < -0.39 is 92.6 Å². The minimum atomic E-state index is -1.76. The maximum absolute atomic E-state index is 10.6. The van der Waals surface area contributed by atoms with Gasteiger partial charge in [-0.25, -0.2) is 0 Å². The summed E-state index contributed by atoms with van der Waals surface area (Å²) >= 11 is 0. The minimum Gasteiger partial charge on any atom is -0.394 e. The number of ether oxygens (including phenoxy) is 5. The first kappa shape index (κ1) is 25.1. The van der Waals surface area contributed by atoms with Gasteiger partial charge in [0.05, 0.1) is 24.9 Å². The van der Waals surface area contributed by atoms with Crippen LogP contribution in [0.25, 0.3) is 0 Å². The van der Waals surface area contributed by atoms with Crippen molar-refractivity contribution in [1.29, 1.82) is 0 Å². The van der Waals surface area contributed by atoms with Crippen molar-refractivity contribution in [3.05, 3.63) is 0 Å². The Morgan fingerprint density at radius 2 is 1.29 bits per heavy atom. The van der Waals surface area contributed by atoms with Crippen LogP contribution >= 0.6 is 0 Å². The molecule has 13 nitrogen and oxygen atoms in total. The van der Waals surface area contributed by atoms with E-state index in [0.717, 1.165) is 0 Å². The molecule has 0 aromatic rings. The van der Waals surface area contributed by atoms with E-state index in [0.29, 0.717) is 0 Å². The quantitative estimate of drug-likeness (QED) is 0.196. The lowest BCUT2D eigenvalue weighted by Crippen LogP contribution is -2.65. The van der Waals surface area contributed by atoms with E-state index in [9.17, 15) is 40.9 Å². The van der Waals surface area contributed by atoms with Gasteiger partial charge in [-0.05, 0) is 13.8 Å². The lowest BCUT2D eigenvalue weighted by atomic mass is 9.97. The molecule has 3 saturated heterocycles. The Morgan fingerprint density at radius 3 is 1.94 bits per heavy atom. The monoisotopic (exact) mass is 456 g/mol. The summed E-state index contributed by atoms with van der Waals surface area (Å²) in [6.45, 7) is 2.33. The van der Waals surface area contributed by atoms with Crippen molar-refractivity contribution in [3.63, 3.8) is 0 Å². The second-order valence-corrected chi connectivity index (χ2v) is 8.20. The number of aliphatic hydroxyl groups is 8. The molecule has 0 radical (unpaired) electrons. The fourth-order valence-electron chi connectivity index (χ4n) is 3.86. The highest BCUT2D eigenvalue weighted by atomic mass is 16.8. The second-order valence-electron chi connectivity index (χ2n) is 8.20. The van der Waals surface area contributed by atoms with E-state index in [4.69, 9.17) is 23.7 Å². The topological polar surface area (TPSA) is 208 Å². The van der Waals surface area contributed by atoms with Gasteiger partial charge in [-0.3, -0.25) is 0 Å². The Morgan fingerprint density at radius 1 is 0.677 bits per heavy atom. The summed E-state index contributed by atoms with van der Waals surface area (Å²) in [7, 11) is 0. The molecule has 0 amide bonds. The largest absolute Gasteiger partial charge is 0.394 e. The van der Waals surface area contributed by atoms with Crippen molar-refractivity contribution in [3.8, 4) is 0 Å². The predicted molar refractivity (Wildman–Crippen MR) is 97.0 cm³/mol. The van der Waals surface area contributed by atoms with Gasteiger partial charge in [0, 0.05) is 6.42 Å². The van der Waals surface area contributed by atoms with E-state index in [1.165, 1.54) is 6.92 Å². The molecule has 31 heavy (non-hydrogen) atoms. The average Bonchev–Trinajstić information content (AvgIpc) is 2.72.